The Balaban J connectivity index is 0. The van der Waals surface area contributed by atoms with Gasteiger partial charge in [0.15, 0.2) is 5.34 Å². The molecular weight excluding hydrogens is 273 g/mol. The first-order valence-corrected chi connectivity index (χ1v) is 4.87. The number of hydrogen-bond acceptors (Lipinski definition) is 4. The third-order valence-electron chi connectivity index (χ3n) is 1.64. The minimum Gasteiger partial charge on any atom is -1.00 e. The Kier molecular flexibility index (Phi) is 7.86. The topological polar surface area (TPSA) is 55.7 Å². The fourth-order valence-corrected chi connectivity index (χ4v) is 1.46. The van der Waals surface area contributed by atoms with Crippen molar-refractivity contribution in [1.29, 1.82) is 0 Å². The predicted octanol–water partition coefficient (Wildman–Crippen LogP) is -0.666. The third-order valence-corrected chi connectivity index (χ3v) is 2.34. The Labute approximate surface area is 119 Å². The van der Waals surface area contributed by atoms with Crippen LogP contribution in [0.1, 0.15) is 6.99 Å². The molecule has 0 heterocycles. The van der Waals surface area contributed by atoms with Gasteiger partial charge in [0.1, 0.15) is 4.83 Å². The molecule has 4 nitrogen and oxygen atoms in total. The Morgan fingerprint density at radius 3 is 2.60 bits per heavy atom. The Bertz CT molecular complexity index is 326. The average molecular weight is 282 g/mol. The fourth-order valence-electron chi connectivity index (χ4n) is 0.998. The van der Waals surface area contributed by atoms with Crippen LogP contribution in [0, 0.1) is 4.91 Å². The van der Waals surface area contributed by atoms with Crippen LogP contribution in [0.2, 0.25) is 0 Å². The van der Waals surface area contributed by atoms with Gasteiger partial charge in [0.2, 0.25) is 0 Å². The average Bonchev–Trinajstić information content (AvgIpc) is 2.19. The van der Waals surface area contributed by atoms with E-state index in [-0.39, 0.29) is 31.0 Å². The fraction of sp³-hybridized carbons (Fsp3) is 0.222. The maximum absolute atomic E-state index is 11.0. The van der Waals surface area contributed by atoms with E-state index in [4.69, 9.17) is 0 Å². The van der Waals surface area contributed by atoms with Crippen LogP contribution >= 0.6 is 15.9 Å². The molecule has 0 unspecified atom stereocenters. The quantitative estimate of drug-likeness (QED) is 0.319. The normalized spacial score (nSPS) is 11.0. The molecule has 0 bridgehead atoms. The first-order valence-electron chi connectivity index (χ1n) is 3.95. The van der Waals surface area contributed by atoms with Gasteiger partial charge in [0.05, 0.1) is 0 Å². The number of carbonyl (C=O) groups is 1. The van der Waals surface area contributed by atoms with E-state index in [1.807, 2.05) is 30.3 Å². The minimum atomic E-state index is -0.677. The Hall–Kier alpha value is -0.230. The van der Waals surface area contributed by atoms with E-state index >= 15 is 0 Å². The summed E-state index contributed by atoms with van der Waals surface area (Å²) < 4.78 is 0. The van der Waals surface area contributed by atoms with Gasteiger partial charge in [-0.15, -0.1) is 4.91 Å². The van der Waals surface area contributed by atoms with Crippen LogP contribution < -0.4 is 29.6 Å². The van der Waals surface area contributed by atoms with Crippen molar-refractivity contribution in [3.05, 3.63) is 40.8 Å². The van der Waals surface area contributed by atoms with E-state index < -0.39 is 10.8 Å². The smallest absolute Gasteiger partial charge is 1.00 e. The van der Waals surface area contributed by atoms with Crippen molar-refractivity contribution in [3.8, 4) is 0 Å². The van der Waals surface area contributed by atoms with Gasteiger partial charge in [-0.25, -0.2) is 4.79 Å². The summed E-state index contributed by atoms with van der Waals surface area (Å²) in [6.45, 7) is 0. The molecule has 1 atom stereocenters. The van der Waals surface area contributed by atoms with Crippen LogP contribution in [0.25, 0.3) is 0 Å². The summed E-state index contributed by atoms with van der Waals surface area (Å²) in [5, 5.41) is 2.07. The third kappa shape index (κ3) is 5.41. The summed E-state index contributed by atoms with van der Waals surface area (Å²) >= 11 is 3.11. The molecule has 0 N–H and O–H groups in total. The van der Waals surface area contributed by atoms with Crippen LogP contribution in [0.5, 0.6) is 0 Å². The molecule has 76 valence electrons. The van der Waals surface area contributed by atoms with Crippen molar-refractivity contribution in [2.24, 2.45) is 5.34 Å². The summed E-state index contributed by atoms with van der Waals surface area (Å²) in [6.07, 6.45) is 0.467. The van der Waals surface area contributed by atoms with Gasteiger partial charge in [-0.05, 0) is 12.0 Å². The zero-order valence-corrected chi connectivity index (χ0v) is 11.8. The number of alkyl halides is 1. The molecular formula is C9H9BrNNaO3. The molecule has 0 radical (unpaired) electrons. The Morgan fingerprint density at radius 1 is 1.47 bits per heavy atom. The van der Waals surface area contributed by atoms with Crippen LogP contribution in [0.4, 0.5) is 0 Å². The Morgan fingerprint density at radius 2 is 2.07 bits per heavy atom. The first-order chi connectivity index (χ1) is 6.74. The summed E-state index contributed by atoms with van der Waals surface area (Å²) in [5.74, 6) is -0.677. The van der Waals surface area contributed by atoms with Gasteiger partial charge < -0.3 is 1.43 Å². The van der Waals surface area contributed by atoms with Crippen molar-refractivity contribution in [2.45, 2.75) is 11.2 Å². The molecule has 6 heteroatoms. The number of rotatable bonds is 4. The second-order valence-corrected chi connectivity index (χ2v) is 3.75. The molecule has 0 aromatic heterocycles. The molecule has 1 rings (SSSR count). The van der Waals surface area contributed by atoms with Crippen molar-refractivity contribution in [2.75, 3.05) is 0 Å². The molecule has 15 heavy (non-hydrogen) atoms. The maximum Gasteiger partial charge on any atom is 1.00 e. The second kappa shape index (κ2) is 7.98. The number of hydrogen-bond donors (Lipinski definition) is 0. The van der Waals surface area contributed by atoms with Gasteiger partial charge in [-0.1, -0.05) is 46.3 Å². The number of nitrogens with zero attached hydrogens (tertiary/aromatic N) is 1. The number of halogens is 1. The molecule has 0 spiro atoms. The molecule has 1 aromatic carbocycles. The van der Waals surface area contributed by atoms with E-state index in [0.29, 0.717) is 6.42 Å². The summed E-state index contributed by atoms with van der Waals surface area (Å²) in [4.78, 5) is 24.1. The van der Waals surface area contributed by atoms with E-state index in [9.17, 15) is 9.70 Å². The van der Waals surface area contributed by atoms with Crippen LogP contribution in [-0.2, 0) is 16.1 Å². The zero-order chi connectivity index (χ0) is 10.4. The molecule has 0 aliphatic rings. The van der Waals surface area contributed by atoms with Crippen molar-refractivity contribution >= 4 is 21.9 Å². The van der Waals surface area contributed by atoms with Crippen molar-refractivity contribution < 1.29 is 40.6 Å². The van der Waals surface area contributed by atoms with Gasteiger partial charge >= 0.3 is 35.5 Å². The van der Waals surface area contributed by atoms with E-state index in [0.717, 1.165) is 5.56 Å². The van der Waals surface area contributed by atoms with Crippen LogP contribution in [-0.4, -0.2) is 10.8 Å². The van der Waals surface area contributed by atoms with Gasteiger partial charge in [0.25, 0.3) is 0 Å². The van der Waals surface area contributed by atoms with E-state index in [1.165, 1.54) is 0 Å². The first kappa shape index (κ1) is 14.8. The maximum atomic E-state index is 11.0. The van der Waals surface area contributed by atoms with Crippen molar-refractivity contribution in [3.63, 3.8) is 0 Å². The monoisotopic (exact) mass is 281 g/mol. The molecule has 0 fully saturated rings. The predicted molar refractivity (Wildman–Crippen MR) is 55.9 cm³/mol. The zero-order valence-electron chi connectivity index (χ0n) is 9.22. The molecule has 0 amide bonds. The largest absolute Gasteiger partial charge is 1.00 e. The number of benzene rings is 1. The molecule has 0 saturated heterocycles. The molecule has 1 aromatic rings. The standard InChI is InChI=1S/C9H8BrNO3.Na.H/c10-8(9(12)14-11-13)6-7-4-2-1-3-5-7;;/h1-5,8H,6H2;;/q;+1;-1/t8-;;/m1../s1. The SMILES string of the molecule is O=NOC(=O)[C@H](Br)Cc1ccccc1.[H-].[Na+]. The van der Waals surface area contributed by atoms with Gasteiger partial charge in [-0.2, -0.15) is 0 Å². The minimum absolute atomic E-state index is 0. The summed E-state index contributed by atoms with van der Waals surface area (Å²) in [6, 6.07) is 9.40. The number of carbonyl (C=O) groups excluding carboxylic acids is 1. The van der Waals surface area contributed by atoms with Crippen molar-refractivity contribution in [1.82, 2.24) is 0 Å². The molecule has 0 saturated carbocycles. The van der Waals surface area contributed by atoms with E-state index in [1.54, 1.807) is 0 Å². The van der Waals surface area contributed by atoms with Crippen LogP contribution in [0.3, 0.4) is 0 Å². The molecule has 0 aliphatic heterocycles. The van der Waals surface area contributed by atoms with E-state index in [2.05, 4.69) is 26.1 Å². The second-order valence-electron chi connectivity index (χ2n) is 2.64. The van der Waals surface area contributed by atoms with Crippen LogP contribution in [0.15, 0.2) is 35.7 Å². The summed E-state index contributed by atoms with van der Waals surface area (Å²) in [7, 11) is 0. The summed E-state index contributed by atoms with van der Waals surface area (Å²) in [5.41, 5.74) is 0.984. The molecule has 0 aliphatic carbocycles. The van der Waals surface area contributed by atoms with Gasteiger partial charge in [0, 0.05) is 0 Å². The van der Waals surface area contributed by atoms with Gasteiger partial charge in [-0.3, -0.25) is 4.84 Å².